The fourth-order valence-electron chi connectivity index (χ4n) is 3.35. The van der Waals surface area contributed by atoms with Gasteiger partial charge in [0.1, 0.15) is 11.6 Å². The van der Waals surface area contributed by atoms with Crippen LogP contribution in [0.15, 0.2) is 68.6 Å². The number of aromatic nitrogens is 1. The molecule has 1 aliphatic heterocycles. The van der Waals surface area contributed by atoms with Gasteiger partial charge in [-0.3, -0.25) is 14.9 Å². The number of nitrogens with zero attached hydrogens (tertiary/aromatic N) is 3. The van der Waals surface area contributed by atoms with Crippen LogP contribution in [0.4, 0.5) is 14.9 Å². The highest BCUT2D eigenvalue weighted by molar-refractivity contribution is 9.10. The number of benzene rings is 2. The van der Waals surface area contributed by atoms with Crippen molar-refractivity contribution in [3.63, 3.8) is 0 Å². The number of nitro groups is 1. The number of thiazole rings is 1. The summed E-state index contributed by atoms with van der Waals surface area (Å²) in [6.45, 7) is 0.758. The highest BCUT2D eigenvalue weighted by Gasteiger charge is 2.42. The normalized spacial score (nSPS) is 16.4. The third-order valence-corrected chi connectivity index (χ3v) is 8.65. The van der Waals surface area contributed by atoms with Gasteiger partial charge in [-0.05, 0) is 47.1 Å². The number of halogens is 2. The maximum Gasteiger partial charge on any atom is 0.345 e. The van der Waals surface area contributed by atoms with Crippen molar-refractivity contribution in [3.05, 3.63) is 89.8 Å². The van der Waals surface area contributed by atoms with Gasteiger partial charge in [-0.15, -0.1) is 0 Å². The molecule has 1 unspecified atom stereocenters. The lowest BCUT2D eigenvalue weighted by Crippen LogP contribution is -2.42. The number of hydrogen-bond acceptors (Lipinski definition) is 8. The summed E-state index contributed by atoms with van der Waals surface area (Å²) in [5, 5.41) is 16.5. The summed E-state index contributed by atoms with van der Waals surface area (Å²) in [5.41, 5.74) is 1.66. The van der Waals surface area contributed by atoms with Gasteiger partial charge in [0, 0.05) is 22.0 Å². The van der Waals surface area contributed by atoms with Gasteiger partial charge in [-0.25, -0.2) is 14.7 Å². The van der Waals surface area contributed by atoms with Crippen LogP contribution in [0.1, 0.15) is 22.9 Å². The molecule has 1 aromatic heterocycles. The van der Waals surface area contributed by atoms with E-state index in [-0.39, 0.29) is 10.9 Å². The van der Waals surface area contributed by atoms with Gasteiger partial charge in [0.25, 0.3) is 5.91 Å². The molecule has 13 heteroatoms. The molecule has 0 spiro atoms. The lowest BCUT2D eigenvalue weighted by Gasteiger charge is -2.23. The highest BCUT2D eigenvalue weighted by Crippen LogP contribution is 2.48. The smallest absolute Gasteiger partial charge is 0.345 e. The van der Waals surface area contributed by atoms with Gasteiger partial charge < -0.3 is 10.6 Å². The van der Waals surface area contributed by atoms with Crippen LogP contribution >= 0.6 is 55.0 Å². The van der Waals surface area contributed by atoms with Gasteiger partial charge in [-0.2, -0.15) is 0 Å². The molecule has 3 aromatic rings. The average Bonchev–Trinajstić information content (AvgIpc) is 3.45. The van der Waals surface area contributed by atoms with E-state index in [2.05, 4.69) is 47.5 Å². The number of nitrogens with one attached hydrogen (secondary N) is 2. The fraction of sp³-hybridized carbons (Fsp3) is 0.174. The van der Waals surface area contributed by atoms with E-state index in [0.717, 1.165) is 31.4 Å². The minimum atomic E-state index is -0.532. The predicted octanol–water partition coefficient (Wildman–Crippen LogP) is 6.40. The van der Waals surface area contributed by atoms with Gasteiger partial charge in [-0.1, -0.05) is 80.0 Å². The van der Waals surface area contributed by atoms with E-state index in [9.17, 15) is 19.7 Å². The van der Waals surface area contributed by atoms with E-state index in [1.807, 2.05) is 48.5 Å². The van der Waals surface area contributed by atoms with Crippen molar-refractivity contribution < 1.29 is 14.5 Å². The maximum absolute atomic E-state index is 13.4. The number of carbonyl (C=O) groups is 2. The Labute approximate surface area is 231 Å². The van der Waals surface area contributed by atoms with E-state index < -0.39 is 16.3 Å². The zero-order valence-corrected chi connectivity index (χ0v) is 23.3. The summed E-state index contributed by atoms with van der Waals surface area (Å²) in [6, 6.07) is 14.6. The molecule has 0 saturated carbocycles. The second kappa shape index (κ2) is 12.0. The van der Waals surface area contributed by atoms with Gasteiger partial charge in [0.05, 0.1) is 9.83 Å². The summed E-state index contributed by atoms with van der Waals surface area (Å²) < 4.78 is 1.65. The van der Waals surface area contributed by atoms with E-state index in [0.29, 0.717) is 29.5 Å². The first-order valence-electron chi connectivity index (χ1n) is 10.7. The second-order valence-corrected chi connectivity index (χ2v) is 11.3. The number of amides is 3. The van der Waals surface area contributed by atoms with Crippen molar-refractivity contribution in [1.29, 1.82) is 0 Å². The molecule has 186 valence electrons. The van der Waals surface area contributed by atoms with Crippen LogP contribution < -0.4 is 10.6 Å². The van der Waals surface area contributed by atoms with Gasteiger partial charge >= 0.3 is 11.0 Å². The predicted molar refractivity (Wildman–Crippen MR) is 149 cm³/mol. The van der Waals surface area contributed by atoms with E-state index >= 15 is 0 Å². The van der Waals surface area contributed by atoms with Crippen LogP contribution in [0.2, 0.25) is 0 Å². The van der Waals surface area contributed by atoms with E-state index in [1.165, 1.54) is 22.9 Å². The van der Waals surface area contributed by atoms with Crippen molar-refractivity contribution in [3.8, 4) is 0 Å². The number of anilines is 1. The molecular formula is C23H19Br2N5O4S2. The zero-order chi connectivity index (χ0) is 25.7. The molecule has 4 rings (SSSR count). The number of rotatable bonds is 8. The molecule has 1 atom stereocenters. The van der Waals surface area contributed by atoms with Crippen molar-refractivity contribution in [2.75, 3.05) is 18.4 Å². The maximum atomic E-state index is 13.4. The van der Waals surface area contributed by atoms with Crippen LogP contribution in [0, 0.1) is 10.1 Å². The van der Waals surface area contributed by atoms with Crippen LogP contribution in [0.5, 0.6) is 0 Å². The summed E-state index contributed by atoms with van der Waals surface area (Å²) in [7, 11) is 0. The Morgan fingerprint density at radius 2 is 1.86 bits per heavy atom. The third kappa shape index (κ3) is 6.14. The third-order valence-electron chi connectivity index (χ3n) is 5.06. The van der Waals surface area contributed by atoms with Crippen LogP contribution in [-0.4, -0.2) is 39.8 Å². The molecule has 3 amide bonds. The largest absolute Gasteiger partial charge is 0.361 e. The minimum absolute atomic E-state index is 0.0413. The number of imide groups is 1. The van der Waals surface area contributed by atoms with Crippen LogP contribution in [-0.2, 0) is 4.79 Å². The first-order chi connectivity index (χ1) is 17.3. The number of hydrogen-bond donors (Lipinski definition) is 2. The molecule has 36 heavy (non-hydrogen) atoms. The van der Waals surface area contributed by atoms with Gasteiger partial charge in [0.15, 0.2) is 5.13 Å². The van der Waals surface area contributed by atoms with Crippen molar-refractivity contribution in [2.45, 2.75) is 11.8 Å². The SMILES string of the molecule is O=C(NCCCNc1ncc([N+](=O)[O-])s1)N1C(=O)/C(=C/c2ccccc2Br)SC1c1ccccc1Br. The first-order valence-corrected chi connectivity index (χ1v) is 14.0. The molecule has 9 nitrogen and oxygen atoms in total. The van der Waals surface area contributed by atoms with Crippen molar-refractivity contribution in [2.24, 2.45) is 0 Å². The molecular weight excluding hydrogens is 634 g/mol. The molecule has 2 N–H and O–H groups in total. The quantitative estimate of drug-likeness (QED) is 0.125. The number of urea groups is 1. The lowest BCUT2D eigenvalue weighted by molar-refractivity contribution is -0.380. The van der Waals surface area contributed by atoms with E-state index in [4.69, 9.17) is 0 Å². The summed E-state index contributed by atoms with van der Waals surface area (Å²) in [6.07, 6.45) is 3.52. The van der Waals surface area contributed by atoms with Gasteiger partial charge in [0.2, 0.25) is 0 Å². The molecule has 0 aliphatic carbocycles. The van der Waals surface area contributed by atoms with Crippen molar-refractivity contribution >= 4 is 83.1 Å². The Balaban J connectivity index is 1.44. The Morgan fingerprint density at radius 1 is 1.14 bits per heavy atom. The van der Waals surface area contributed by atoms with E-state index in [1.54, 1.807) is 6.08 Å². The minimum Gasteiger partial charge on any atom is -0.361 e. The lowest BCUT2D eigenvalue weighted by atomic mass is 10.2. The summed E-state index contributed by atoms with van der Waals surface area (Å²) in [4.78, 5) is 42.4. The molecule has 0 bridgehead atoms. The fourth-order valence-corrected chi connectivity index (χ4v) is 6.32. The van der Waals surface area contributed by atoms with Crippen LogP contribution in [0.25, 0.3) is 6.08 Å². The monoisotopic (exact) mass is 651 g/mol. The standard InChI is InChI=1S/C23H19Br2N5O4S2/c24-16-8-3-1-6-14(16)12-18-20(31)29(21(35-18)15-7-2-4-9-17(15)25)23(32)27-11-5-10-26-22-28-13-19(36-22)30(33)34/h1-4,6-9,12-13,21H,5,10-11H2,(H,26,28)(H,27,32)/b18-12-. The summed E-state index contributed by atoms with van der Waals surface area (Å²) in [5.74, 6) is -0.373. The molecule has 2 aromatic carbocycles. The Hall–Kier alpha value is -2.74. The zero-order valence-electron chi connectivity index (χ0n) is 18.5. The molecule has 0 radical (unpaired) electrons. The molecule has 2 heterocycles. The van der Waals surface area contributed by atoms with Crippen LogP contribution in [0.3, 0.4) is 0 Å². The molecule has 1 aliphatic rings. The van der Waals surface area contributed by atoms with Crippen molar-refractivity contribution in [1.82, 2.24) is 15.2 Å². The number of thioether (sulfide) groups is 1. The summed E-state index contributed by atoms with van der Waals surface area (Å²) >= 11 is 9.32. The number of carbonyl (C=O) groups excluding carboxylic acids is 2. The Morgan fingerprint density at radius 3 is 2.56 bits per heavy atom. The average molecular weight is 653 g/mol. The Kier molecular flexibility index (Phi) is 8.77. The molecule has 1 fully saturated rings. The molecule has 1 saturated heterocycles. The first kappa shape index (κ1) is 26.3. The topological polar surface area (TPSA) is 117 Å². The second-order valence-electron chi connectivity index (χ2n) is 7.47. The Bertz CT molecular complexity index is 1330. The highest BCUT2D eigenvalue weighted by atomic mass is 79.9.